The summed E-state index contributed by atoms with van der Waals surface area (Å²) in [5.41, 5.74) is -3.68. The maximum atomic E-state index is 12.6. The Kier molecular flexibility index (Phi) is 3.03. The van der Waals surface area contributed by atoms with E-state index in [-0.39, 0.29) is 11.5 Å². The lowest BCUT2D eigenvalue weighted by molar-refractivity contribution is -0.162. The van der Waals surface area contributed by atoms with Crippen LogP contribution in [0.2, 0.25) is 0 Å². The first-order valence-corrected chi connectivity index (χ1v) is 4.88. The highest BCUT2D eigenvalue weighted by Gasteiger charge is 2.43. The second-order valence-electron chi connectivity index (χ2n) is 3.59. The molecule has 0 aliphatic rings. The van der Waals surface area contributed by atoms with Crippen molar-refractivity contribution < 1.29 is 30.8 Å². The summed E-state index contributed by atoms with van der Waals surface area (Å²) < 4.78 is 80.2. The SMILES string of the molecule is FC(F)(F)c1ccc(-c2ncco2)cc1C(F)(F)F. The summed E-state index contributed by atoms with van der Waals surface area (Å²) in [6.45, 7) is 0. The van der Waals surface area contributed by atoms with Crippen molar-refractivity contribution in [3.8, 4) is 11.5 Å². The highest BCUT2D eigenvalue weighted by atomic mass is 19.4. The van der Waals surface area contributed by atoms with Crippen LogP contribution in [0.4, 0.5) is 26.3 Å². The number of hydrogen-bond acceptors (Lipinski definition) is 2. The van der Waals surface area contributed by atoms with Gasteiger partial charge in [0.1, 0.15) is 6.26 Å². The van der Waals surface area contributed by atoms with E-state index in [4.69, 9.17) is 4.42 Å². The molecule has 8 heteroatoms. The molecule has 0 aliphatic carbocycles. The maximum absolute atomic E-state index is 12.6. The molecule has 0 unspecified atom stereocenters. The van der Waals surface area contributed by atoms with E-state index in [9.17, 15) is 26.3 Å². The third-order valence-electron chi connectivity index (χ3n) is 2.31. The van der Waals surface area contributed by atoms with Crippen LogP contribution in [0, 0.1) is 0 Å². The summed E-state index contributed by atoms with van der Waals surface area (Å²) in [6.07, 6.45) is -7.91. The van der Waals surface area contributed by atoms with Gasteiger partial charge in [-0.1, -0.05) is 0 Å². The third kappa shape index (κ3) is 2.72. The van der Waals surface area contributed by atoms with Crippen molar-refractivity contribution >= 4 is 0 Å². The highest BCUT2D eigenvalue weighted by molar-refractivity contribution is 5.56. The van der Waals surface area contributed by atoms with Crippen LogP contribution in [0.1, 0.15) is 11.1 Å². The first-order valence-electron chi connectivity index (χ1n) is 4.88. The summed E-state index contributed by atoms with van der Waals surface area (Å²) in [4.78, 5) is 3.59. The van der Waals surface area contributed by atoms with E-state index in [2.05, 4.69) is 4.98 Å². The molecular weight excluding hydrogens is 276 g/mol. The Morgan fingerprint density at radius 2 is 1.53 bits per heavy atom. The van der Waals surface area contributed by atoms with Crippen LogP contribution < -0.4 is 0 Å². The van der Waals surface area contributed by atoms with Crippen molar-refractivity contribution in [1.29, 1.82) is 0 Å². The highest BCUT2D eigenvalue weighted by Crippen LogP contribution is 2.41. The molecule has 0 spiro atoms. The van der Waals surface area contributed by atoms with Crippen LogP contribution in [0.3, 0.4) is 0 Å². The number of halogens is 6. The Hall–Kier alpha value is -1.99. The number of aromatic nitrogens is 1. The molecule has 102 valence electrons. The number of benzene rings is 1. The molecule has 0 atom stereocenters. The minimum atomic E-state index is -5.12. The molecule has 0 radical (unpaired) electrons. The Balaban J connectivity index is 2.61. The lowest BCUT2D eigenvalue weighted by Crippen LogP contribution is -2.16. The fourth-order valence-electron chi connectivity index (χ4n) is 1.53. The molecule has 2 nitrogen and oxygen atoms in total. The Labute approximate surface area is 102 Å². The zero-order valence-corrected chi connectivity index (χ0v) is 9.01. The first kappa shape index (κ1) is 13.4. The van der Waals surface area contributed by atoms with Gasteiger partial charge < -0.3 is 4.42 Å². The van der Waals surface area contributed by atoms with Crippen molar-refractivity contribution in [2.45, 2.75) is 12.4 Å². The molecule has 0 fully saturated rings. The Morgan fingerprint density at radius 3 is 2.00 bits per heavy atom. The van der Waals surface area contributed by atoms with Gasteiger partial charge in [0.2, 0.25) is 5.89 Å². The monoisotopic (exact) mass is 281 g/mol. The van der Waals surface area contributed by atoms with Gasteiger partial charge in [0, 0.05) is 5.56 Å². The van der Waals surface area contributed by atoms with Crippen molar-refractivity contribution in [2.75, 3.05) is 0 Å². The lowest BCUT2D eigenvalue weighted by Gasteiger charge is -2.15. The van der Waals surface area contributed by atoms with Crippen LogP contribution >= 0.6 is 0 Å². The van der Waals surface area contributed by atoms with Crippen LogP contribution in [0.25, 0.3) is 11.5 Å². The minimum absolute atomic E-state index is 0.176. The van der Waals surface area contributed by atoms with Crippen LogP contribution in [-0.2, 0) is 12.4 Å². The normalized spacial score (nSPS) is 12.7. The number of rotatable bonds is 1. The molecule has 0 amide bonds. The van der Waals surface area contributed by atoms with E-state index in [1.807, 2.05) is 0 Å². The van der Waals surface area contributed by atoms with Gasteiger partial charge >= 0.3 is 12.4 Å². The number of hydrogen-bond donors (Lipinski definition) is 0. The van der Waals surface area contributed by atoms with Crippen LogP contribution in [-0.4, -0.2) is 4.98 Å². The molecule has 0 aliphatic heterocycles. The second kappa shape index (κ2) is 4.29. The molecule has 2 rings (SSSR count). The largest absolute Gasteiger partial charge is 0.445 e. The molecule has 0 bridgehead atoms. The first-order chi connectivity index (χ1) is 8.69. The van der Waals surface area contributed by atoms with Gasteiger partial charge in [-0.25, -0.2) is 4.98 Å². The average Bonchev–Trinajstić information content (AvgIpc) is 2.79. The molecule has 1 aromatic carbocycles. The average molecular weight is 281 g/mol. The summed E-state index contributed by atoms with van der Waals surface area (Å²) in [5, 5.41) is 0. The Morgan fingerprint density at radius 1 is 0.895 bits per heavy atom. The van der Waals surface area contributed by atoms with Gasteiger partial charge in [0.15, 0.2) is 0 Å². The van der Waals surface area contributed by atoms with Gasteiger partial charge in [-0.15, -0.1) is 0 Å². The van der Waals surface area contributed by atoms with Crippen molar-refractivity contribution in [1.82, 2.24) is 4.98 Å². The van der Waals surface area contributed by atoms with Crippen molar-refractivity contribution in [3.63, 3.8) is 0 Å². The third-order valence-corrected chi connectivity index (χ3v) is 2.31. The standard InChI is InChI=1S/C11H5F6NO/c12-10(13,14)7-2-1-6(9-18-3-4-19-9)5-8(7)11(15,16)17/h1-5H. The molecule has 0 saturated heterocycles. The van der Waals surface area contributed by atoms with Gasteiger partial charge in [-0.3, -0.25) is 0 Å². The summed E-state index contributed by atoms with van der Waals surface area (Å²) >= 11 is 0. The van der Waals surface area contributed by atoms with E-state index >= 15 is 0 Å². The predicted octanol–water partition coefficient (Wildman–Crippen LogP) is 4.38. The molecule has 19 heavy (non-hydrogen) atoms. The number of oxazole rings is 1. The summed E-state index contributed by atoms with van der Waals surface area (Å²) in [7, 11) is 0. The smallest absolute Gasteiger partial charge is 0.417 e. The van der Waals surface area contributed by atoms with Crippen LogP contribution in [0.15, 0.2) is 35.1 Å². The van der Waals surface area contributed by atoms with Gasteiger partial charge in [-0.2, -0.15) is 26.3 Å². The van der Waals surface area contributed by atoms with Gasteiger partial charge in [0.05, 0.1) is 17.3 Å². The van der Waals surface area contributed by atoms with E-state index in [0.29, 0.717) is 12.1 Å². The fraction of sp³-hybridized carbons (Fsp3) is 0.182. The molecule has 0 N–H and O–H groups in total. The van der Waals surface area contributed by atoms with E-state index in [1.54, 1.807) is 0 Å². The quantitative estimate of drug-likeness (QED) is 0.725. The maximum Gasteiger partial charge on any atom is 0.417 e. The number of alkyl halides is 6. The summed E-state index contributed by atoms with van der Waals surface area (Å²) in [6, 6.07) is 1.61. The van der Waals surface area contributed by atoms with E-state index in [1.165, 1.54) is 6.20 Å². The molecule has 1 heterocycles. The molecule has 2 aromatic rings. The van der Waals surface area contributed by atoms with Gasteiger partial charge in [0.25, 0.3) is 0 Å². The van der Waals surface area contributed by atoms with Crippen molar-refractivity contribution in [2.24, 2.45) is 0 Å². The minimum Gasteiger partial charge on any atom is -0.445 e. The number of nitrogens with zero attached hydrogens (tertiary/aromatic N) is 1. The predicted molar refractivity (Wildman–Crippen MR) is 51.9 cm³/mol. The van der Waals surface area contributed by atoms with E-state index < -0.39 is 23.5 Å². The Bertz CT molecular complexity index is 570. The molecular formula is C11H5F6NO. The zero-order valence-electron chi connectivity index (χ0n) is 9.01. The zero-order chi connectivity index (χ0) is 14.3. The second-order valence-corrected chi connectivity index (χ2v) is 3.59. The lowest BCUT2D eigenvalue weighted by atomic mass is 10.0. The molecule has 0 saturated carbocycles. The van der Waals surface area contributed by atoms with Crippen LogP contribution in [0.5, 0.6) is 0 Å². The summed E-state index contributed by atoms with van der Waals surface area (Å²) in [5.74, 6) is -0.181. The fourth-order valence-corrected chi connectivity index (χ4v) is 1.53. The topological polar surface area (TPSA) is 26.0 Å². The van der Waals surface area contributed by atoms with E-state index in [0.717, 1.165) is 12.3 Å². The molecule has 1 aromatic heterocycles. The van der Waals surface area contributed by atoms with Crippen molar-refractivity contribution in [3.05, 3.63) is 41.8 Å². The van der Waals surface area contributed by atoms with Gasteiger partial charge in [-0.05, 0) is 18.2 Å².